The van der Waals surface area contributed by atoms with Crippen LogP contribution in [-0.4, -0.2) is 21.8 Å². The minimum Gasteiger partial charge on any atom is -0.478 e. The van der Waals surface area contributed by atoms with Crippen molar-refractivity contribution >= 4 is 28.6 Å². The summed E-state index contributed by atoms with van der Waals surface area (Å²) in [5, 5.41) is 9.93. The number of aromatic carboxylic acids is 1. The van der Waals surface area contributed by atoms with Gasteiger partial charge in [-0.2, -0.15) is 0 Å². The molecular weight excluding hydrogens is 270 g/mol. The fraction of sp³-hybridized carbons (Fsp3) is 0.375. The van der Waals surface area contributed by atoms with Crippen LogP contribution >= 0.6 is 11.8 Å². The summed E-state index contributed by atoms with van der Waals surface area (Å²) in [6.07, 6.45) is 6.67. The van der Waals surface area contributed by atoms with Crippen LogP contribution in [0, 0.1) is 0 Å². The monoisotopic (exact) mass is 289 g/mol. The first kappa shape index (κ1) is 14.9. The second-order valence-corrected chi connectivity index (χ2v) is 5.86. The van der Waals surface area contributed by atoms with E-state index in [1.807, 2.05) is 12.1 Å². The molecule has 0 radical (unpaired) electrons. The van der Waals surface area contributed by atoms with E-state index in [4.69, 9.17) is 0 Å². The summed E-state index contributed by atoms with van der Waals surface area (Å²) in [6, 6.07) is 7.17. The van der Waals surface area contributed by atoms with Gasteiger partial charge in [0, 0.05) is 16.5 Å². The van der Waals surface area contributed by atoms with Crippen molar-refractivity contribution in [1.82, 2.24) is 4.98 Å². The standard InChI is InChI=1S/C16H19NO2S/c1-2-3-4-5-11-20-14-9-8-13(16(18)19)12-7-6-10-17-15(12)14/h6-10H,2-5,11H2,1H3,(H,18,19). The lowest BCUT2D eigenvalue weighted by Gasteiger charge is -2.07. The van der Waals surface area contributed by atoms with E-state index in [2.05, 4.69) is 11.9 Å². The number of carboxylic acids is 1. The number of hydrogen-bond donors (Lipinski definition) is 1. The average Bonchev–Trinajstić information content (AvgIpc) is 2.46. The van der Waals surface area contributed by atoms with Crippen LogP contribution in [0.2, 0.25) is 0 Å². The molecule has 4 heteroatoms. The van der Waals surface area contributed by atoms with Crippen LogP contribution in [0.3, 0.4) is 0 Å². The van der Waals surface area contributed by atoms with E-state index in [-0.39, 0.29) is 0 Å². The number of carboxylic acid groups (broad SMARTS) is 1. The summed E-state index contributed by atoms with van der Waals surface area (Å²) >= 11 is 1.77. The zero-order valence-electron chi connectivity index (χ0n) is 11.6. The van der Waals surface area contributed by atoms with E-state index in [1.165, 1.54) is 25.7 Å². The lowest BCUT2D eigenvalue weighted by molar-refractivity contribution is 0.0699. The molecule has 0 atom stereocenters. The number of pyridine rings is 1. The van der Waals surface area contributed by atoms with Gasteiger partial charge in [-0.3, -0.25) is 4.98 Å². The topological polar surface area (TPSA) is 50.2 Å². The van der Waals surface area contributed by atoms with Crippen molar-refractivity contribution in [2.75, 3.05) is 5.75 Å². The Balaban J connectivity index is 2.18. The lowest BCUT2D eigenvalue weighted by Crippen LogP contribution is -1.98. The van der Waals surface area contributed by atoms with Gasteiger partial charge in [-0.25, -0.2) is 4.79 Å². The van der Waals surface area contributed by atoms with E-state index < -0.39 is 5.97 Å². The number of carbonyl (C=O) groups is 1. The fourth-order valence-electron chi connectivity index (χ4n) is 2.16. The number of benzene rings is 1. The van der Waals surface area contributed by atoms with Gasteiger partial charge in [-0.1, -0.05) is 32.3 Å². The van der Waals surface area contributed by atoms with Crippen LogP contribution in [-0.2, 0) is 0 Å². The summed E-state index contributed by atoms with van der Waals surface area (Å²) in [4.78, 5) is 16.7. The van der Waals surface area contributed by atoms with Gasteiger partial charge in [-0.15, -0.1) is 11.8 Å². The van der Waals surface area contributed by atoms with Crippen molar-refractivity contribution in [3.8, 4) is 0 Å². The largest absolute Gasteiger partial charge is 0.478 e. The maximum absolute atomic E-state index is 11.2. The Morgan fingerprint density at radius 1 is 1.25 bits per heavy atom. The number of fused-ring (bicyclic) bond motifs is 1. The highest BCUT2D eigenvalue weighted by molar-refractivity contribution is 7.99. The van der Waals surface area contributed by atoms with Gasteiger partial charge in [0.25, 0.3) is 0 Å². The van der Waals surface area contributed by atoms with Gasteiger partial charge in [-0.05, 0) is 30.4 Å². The summed E-state index contributed by atoms with van der Waals surface area (Å²) in [5.41, 5.74) is 1.12. The van der Waals surface area contributed by atoms with E-state index in [1.54, 1.807) is 30.1 Å². The van der Waals surface area contributed by atoms with E-state index in [0.29, 0.717) is 5.56 Å². The Hall–Kier alpha value is -1.55. The molecule has 106 valence electrons. The van der Waals surface area contributed by atoms with Crippen molar-refractivity contribution in [1.29, 1.82) is 0 Å². The highest BCUT2D eigenvalue weighted by atomic mass is 32.2. The summed E-state index contributed by atoms with van der Waals surface area (Å²) in [6.45, 7) is 2.20. The van der Waals surface area contributed by atoms with Gasteiger partial charge in [0.15, 0.2) is 0 Å². The predicted molar refractivity (Wildman–Crippen MR) is 83.6 cm³/mol. The smallest absolute Gasteiger partial charge is 0.336 e. The van der Waals surface area contributed by atoms with Crippen LogP contribution < -0.4 is 0 Å². The predicted octanol–water partition coefficient (Wildman–Crippen LogP) is 4.61. The maximum Gasteiger partial charge on any atom is 0.336 e. The van der Waals surface area contributed by atoms with E-state index >= 15 is 0 Å². The molecule has 0 bridgehead atoms. The molecule has 0 amide bonds. The second kappa shape index (κ2) is 7.29. The van der Waals surface area contributed by atoms with Crippen molar-refractivity contribution in [3.63, 3.8) is 0 Å². The van der Waals surface area contributed by atoms with Crippen LogP contribution in [0.25, 0.3) is 10.9 Å². The first-order valence-corrected chi connectivity index (χ1v) is 7.96. The van der Waals surface area contributed by atoms with E-state index in [9.17, 15) is 9.90 Å². The zero-order chi connectivity index (χ0) is 14.4. The van der Waals surface area contributed by atoms with Gasteiger partial charge in [0.1, 0.15) is 0 Å². The first-order chi connectivity index (χ1) is 9.74. The molecule has 20 heavy (non-hydrogen) atoms. The Labute approximate surface area is 123 Å². The maximum atomic E-state index is 11.2. The van der Waals surface area contributed by atoms with Crippen molar-refractivity contribution < 1.29 is 9.90 Å². The zero-order valence-corrected chi connectivity index (χ0v) is 12.4. The molecule has 2 rings (SSSR count). The molecule has 3 nitrogen and oxygen atoms in total. The Kier molecular flexibility index (Phi) is 5.41. The van der Waals surface area contributed by atoms with Gasteiger partial charge in [0.2, 0.25) is 0 Å². The molecule has 1 N–H and O–H groups in total. The molecule has 1 aromatic carbocycles. The highest BCUT2D eigenvalue weighted by Gasteiger charge is 2.11. The van der Waals surface area contributed by atoms with Crippen molar-refractivity contribution in [2.45, 2.75) is 37.5 Å². The van der Waals surface area contributed by atoms with Crippen molar-refractivity contribution in [2.24, 2.45) is 0 Å². The molecule has 1 aromatic heterocycles. The van der Waals surface area contributed by atoms with Crippen LogP contribution in [0.1, 0.15) is 43.0 Å². The quantitative estimate of drug-likeness (QED) is 0.597. The SMILES string of the molecule is CCCCCCSc1ccc(C(=O)O)c2cccnc12. The van der Waals surface area contributed by atoms with Crippen molar-refractivity contribution in [3.05, 3.63) is 36.0 Å². The Bertz CT molecular complexity index is 598. The number of unbranched alkanes of at least 4 members (excludes halogenated alkanes) is 3. The molecule has 0 unspecified atom stereocenters. The third-order valence-electron chi connectivity index (χ3n) is 3.22. The molecule has 0 aliphatic rings. The first-order valence-electron chi connectivity index (χ1n) is 6.98. The average molecular weight is 289 g/mol. The van der Waals surface area contributed by atoms with Gasteiger partial charge < -0.3 is 5.11 Å². The molecule has 1 heterocycles. The minimum atomic E-state index is -0.900. The number of aromatic nitrogens is 1. The molecule has 0 saturated heterocycles. The molecule has 2 aromatic rings. The fourth-order valence-corrected chi connectivity index (χ4v) is 3.19. The summed E-state index contributed by atoms with van der Waals surface area (Å²) in [5.74, 6) is 0.153. The molecular formula is C16H19NO2S. The van der Waals surface area contributed by atoms with E-state index in [0.717, 1.165) is 21.6 Å². The molecule has 0 aliphatic carbocycles. The van der Waals surface area contributed by atoms with Crippen LogP contribution in [0.4, 0.5) is 0 Å². The van der Waals surface area contributed by atoms with Gasteiger partial charge in [0.05, 0.1) is 11.1 Å². The summed E-state index contributed by atoms with van der Waals surface area (Å²) < 4.78 is 0. The summed E-state index contributed by atoms with van der Waals surface area (Å²) in [7, 11) is 0. The highest BCUT2D eigenvalue weighted by Crippen LogP contribution is 2.29. The van der Waals surface area contributed by atoms with Crippen LogP contribution in [0.15, 0.2) is 35.4 Å². The lowest BCUT2D eigenvalue weighted by atomic mass is 10.1. The number of hydrogen-bond acceptors (Lipinski definition) is 3. The van der Waals surface area contributed by atoms with Gasteiger partial charge >= 0.3 is 5.97 Å². The second-order valence-electron chi connectivity index (χ2n) is 4.73. The third kappa shape index (κ3) is 3.51. The molecule has 0 saturated carbocycles. The molecule has 0 fully saturated rings. The number of nitrogens with zero attached hydrogens (tertiary/aromatic N) is 1. The molecule has 0 aliphatic heterocycles. The number of rotatable bonds is 7. The number of thioether (sulfide) groups is 1. The Morgan fingerprint density at radius 2 is 2.10 bits per heavy atom. The third-order valence-corrected chi connectivity index (χ3v) is 4.35. The Morgan fingerprint density at radius 3 is 2.85 bits per heavy atom. The molecule has 0 spiro atoms. The normalized spacial score (nSPS) is 10.8. The minimum absolute atomic E-state index is 0.323. The van der Waals surface area contributed by atoms with Crippen LogP contribution in [0.5, 0.6) is 0 Å².